The minimum Gasteiger partial charge on any atom is -0.465 e. The number of carbonyl (C=O) groups excluding carboxylic acids is 1. The number of halogens is 2. The molecule has 4 heterocycles. The van der Waals surface area contributed by atoms with E-state index in [9.17, 15) is 23.5 Å². The molecular formula is C24H31F2N7O3S. The summed E-state index contributed by atoms with van der Waals surface area (Å²) in [6.07, 6.45) is -0.0906. The van der Waals surface area contributed by atoms with Crippen molar-refractivity contribution >= 4 is 34.0 Å². The monoisotopic (exact) mass is 535 g/mol. The molecule has 0 spiro atoms. The molecule has 1 atom stereocenters. The van der Waals surface area contributed by atoms with E-state index in [4.69, 9.17) is 0 Å². The fraction of sp³-hybridized carbons (Fsp3) is 0.542. The van der Waals surface area contributed by atoms with Crippen LogP contribution in [0.25, 0.3) is 16.2 Å². The quantitative estimate of drug-likeness (QED) is 0.456. The summed E-state index contributed by atoms with van der Waals surface area (Å²) in [4.78, 5) is 37.5. The SMILES string of the molecule is C[C@@H](Nc1cc(C(=O)N2CCC(N(CC(F)F)C(=O)O)CC2)nc(-c2cnn3ccsc23)n1)C(C)(C)C. The predicted molar refractivity (Wildman–Crippen MR) is 136 cm³/mol. The van der Waals surface area contributed by atoms with Crippen LogP contribution in [0, 0.1) is 5.41 Å². The number of carboxylic acid groups (broad SMARTS) is 1. The molecule has 0 radical (unpaired) electrons. The molecule has 0 aromatic carbocycles. The van der Waals surface area contributed by atoms with Crippen LogP contribution in [0.4, 0.5) is 19.4 Å². The van der Waals surface area contributed by atoms with Crippen molar-refractivity contribution in [3.8, 4) is 11.4 Å². The summed E-state index contributed by atoms with van der Waals surface area (Å²) < 4.78 is 27.5. The number of piperidine rings is 1. The van der Waals surface area contributed by atoms with Crippen LogP contribution in [-0.4, -0.2) is 84.6 Å². The van der Waals surface area contributed by atoms with Crippen LogP contribution in [0.5, 0.6) is 0 Å². The maximum Gasteiger partial charge on any atom is 0.407 e. The van der Waals surface area contributed by atoms with Crippen molar-refractivity contribution in [3.63, 3.8) is 0 Å². The molecule has 10 nitrogen and oxygen atoms in total. The van der Waals surface area contributed by atoms with Gasteiger partial charge in [0.25, 0.3) is 12.3 Å². The Kier molecular flexibility index (Phi) is 7.62. The molecular weight excluding hydrogens is 504 g/mol. The second-order valence-corrected chi connectivity index (χ2v) is 11.1. The number of aromatic nitrogens is 4. The standard InChI is InChI=1S/C24H31F2N7O3S/c1-14(24(2,3)4)28-19-11-17(29-20(30-19)16-12-27-33-9-10-37-22(16)33)21(34)31-7-5-15(6-8-31)32(23(35)36)13-18(25)26/h9-12,14-15,18H,5-8,13H2,1-4H3,(H,35,36)(H,28,29,30)/t14-/m1/s1. The summed E-state index contributed by atoms with van der Waals surface area (Å²) in [6, 6.07) is 1.09. The Morgan fingerprint density at radius 2 is 1.97 bits per heavy atom. The van der Waals surface area contributed by atoms with E-state index in [1.165, 1.54) is 11.3 Å². The van der Waals surface area contributed by atoms with Crippen molar-refractivity contribution in [2.24, 2.45) is 5.41 Å². The van der Waals surface area contributed by atoms with E-state index in [0.29, 0.717) is 17.2 Å². The minimum absolute atomic E-state index is 0.0414. The summed E-state index contributed by atoms with van der Waals surface area (Å²) in [7, 11) is 0. The van der Waals surface area contributed by atoms with Crippen LogP contribution < -0.4 is 5.32 Å². The van der Waals surface area contributed by atoms with Crippen molar-refractivity contribution in [2.45, 2.75) is 59.0 Å². The van der Waals surface area contributed by atoms with Gasteiger partial charge >= 0.3 is 6.09 Å². The molecule has 200 valence electrons. The number of carbonyl (C=O) groups is 2. The first-order valence-corrected chi connectivity index (χ1v) is 13.0. The Hall–Kier alpha value is -3.35. The average Bonchev–Trinajstić information content (AvgIpc) is 3.45. The van der Waals surface area contributed by atoms with Crippen molar-refractivity contribution in [2.75, 3.05) is 25.0 Å². The highest BCUT2D eigenvalue weighted by Crippen LogP contribution is 2.29. The Labute approximate surface area is 217 Å². The predicted octanol–water partition coefficient (Wildman–Crippen LogP) is 4.55. The number of alkyl halides is 2. The molecule has 2 N–H and O–H groups in total. The number of amides is 2. The fourth-order valence-electron chi connectivity index (χ4n) is 4.14. The first-order valence-electron chi connectivity index (χ1n) is 12.1. The first kappa shape index (κ1) is 26.7. The lowest BCUT2D eigenvalue weighted by Gasteiger charge is -2.37. The van der Waals surface area contributed by atoms with Crippen LogP contribution in [0.2, 0.25) is 0 Å². The van der Waals surface area contributed by atoms with Crippen molar-refractivity contribution in [1.82, 2.24) is 29.4 Å². The van der Waals surface area contributed by atoms with E-state index in [1.54, 1.807) is 21.7 Å². The molecule has 0 saturated carbocycles. The van der Waals surface area contributed by atoms with Crippen LogP contribution in [0.15, 0.2) is 23.8 Å². The number of hydrogen-bond acceptors (Lipinski definition) is 7. The number of anilines is 1. The normalized spacial score (nSPS) is 15.8. The highest BCUT2D eigenvalue weighted by Gasteiger charge is 2.32. The van der Waals surface area contributed by atoms with Gasteiger partial charge in [-0.3, -0.25) is 9.69 Å². The van der Waals surface area contributed by atoms with Gasteiger partial charge in [0.2, 0.25) is 0 Å². The molecule has 1 saturated heterocycles. The lowest BCUT2D eigenvalue weighted by Crippen LogP contribution is -2.49. The van der Waals surface area contributed by atoms with Gasteiger partial charge in [0.1, 0.15) is 16.3 Å². The van der Waals surface area contributed by atoms with Gasteiger partial charge < -0.3 is 15.3 Å². The molecule has 3 aromatic heterocycles. The molecule has 1 fully saturated rings. The summed E-state index contributed by atoms with van der Waals surface area (Å²) in [5, 5.41) is 19.0. The number of fused-ring (bicyclic) bond motifs is 1. The van der Waals surface area contributed by atoms with Crippen LogP contribution in [0.1, 0.15) is 51.0 Å². The van der Waals surface area contributed by atoms with E-state index in [-0.39, 0.29) is 49.0 Å². The number of likely N-dealkylation sites (tertiary alicyclic amines) is 1. The number of nitrogens with one attached hydrogen (secondary N) is 1. The molecule has 1 aliphatic rings. The highest BCUT2D eigenvalue weighted by molar-refractivity contribution is 7.16. The Morgan fingerprint density at radius 1 is 1.27 bits per heavy atom. The maximum atomic E-state index is 13.5. The van der Waals surface area contributed by atoms with Gasteiger partial charge in [-0.05, 0) is 25.2 Å². The van der Waals surface area contributed by atoms with E-state index in [1.807, 2.05) is 18.5 Å². The maximum absolute atomic E-state index is 13.5. The third kappa shape index (κ3) is 5.97. The van der Waals surface area contributed by atoms with E-state index >= 15 is 0 Å². The molecule has 0 unspecified atom stereocenters. The van der Waals surface area contributed by atoms with E-state index in [2.05, 4.69) is 41.2 Å². The fourth-order valence-corrected chi connectivity index (χ4v) is 4.94. The lowest BCUT2D eigenvalue weighted by atomic mass is 9.88. The van der Waals surface area contributed by atoms with E-state index in [0.717, 1.165) is 9.73 Å². The summed E-state index contributed by atoms with van der Waals surface area (Å²) in [5.41, 5.74) is 0.842. The third-order valence-corrected chi connectivity index (χ3v) is 7.64. The van der Waals surface area contributed by atoms with Crippen LogP contribution >= 0.6 is 11.3 Å². The molecule has 1 aliphatic heterocycles. The number of thiazole rings is 1. The van der Waals surface area contributed by atoms with Gasteiger partial charge in [-0.15, -0.1) is 11.3 Å². The van der Waals surface area contributed by atoms with Crippen LogP contribution in [0.3, 0.4) is 0 Å². The molecule has 3 aromatic rings. The number of nitrogens with zero attached hydrogens (tertiary/aromatic N) is 6. The summed E-state index contributed by atoms with van der Waals surface area (Å²) in [6.45, 7) is 7.98. The Bertz CT molecular complexity index is 1260. The molecule has 4 rings (SSSR count). The second-order valence-electron chi connectivity index (χ2n) is 10.3. The van der Waals surface area contributed by atoms with Gasteiger partial charge in [0.05, 0.1) is 18.3 Å². The van der Waals surface area contributed by atoms with Gasteiger partial charge in [0.15, 0.2) is 5.82 Å². The zero-order valence-electron chi connectivity index (χ0n) is 21.2. The minimum atomic E-state index is -2.75. The van der Waals surface area contributed by atoms with Gasteiger partial charge in [-0.25, -0.2) is 28.1 Å². The molecule has 2 amide bonds. The lowest BCUT2D eigenvalue weighted by molar-refractivity contribution is 0.0388. The molecule has 13 heteroatoms. The van der Waals surface area contributed by atoms with Gasteiger partial charge in [0, 0.05) is 42.8 Å². The molecule has 0 bridgehead atoms. The van der Waals surface area contributed by atoms with Crippen molar-refractivity contribution in [3.05, 3.63) is 29.5 Å². The average molecular weight is 536 g/mol. The van der Waals surface area contributed by atoms with Crippen LogP contribution in [-0.2, 0) is 0 Å². The number of rotatable bonds is 7. The largest absolute Gasteiger partial charge is 0.465 e. The summed E-state index contributed by atoms with van der Waals surface area (Å²) >= 11 is 1.49. The molecule has 0 aliphatic carbocycles. The van der Waals surface area contributed by atoms with Gasteiger partial charge in [-0.1, -0.05) is 20.8 Å². The Morgan fingerprint density at radius 3 is 2.59 bits per heavy atom. The smallest absolute Gasteiger partial charge is 0.407 e. The second kappa shape index (κ2) is 10.6. The van der Waals surface area contributed by atoms with Gasteiger partial charge in [-0.2, -0.15) is 5.10 Å². The topological polar surface area (TPSA) is 116 Å². The number of hydrogen-bond donors (Lipinski definition) is 2. The highest BCUT2D eigenvalue weighted by atomic mass is 32.1. The summed E-state index contributed by atoms with van der Waals surface area (Å²) in [5.74, 6) is 0.560. The van der Waals surface area contributed by atoms with E-state index < -0.39 is 25.1 Å². The third-order valence-electron chi connectivity index (χ3n) is 6.75. The zero-order chi connectivity index (χ0) is 26.9. The zero-order valence-corrected chi connectivity index (χ0v) is 22.0. The molecule has 37 heavy (non-hydrogen) atoms. The van der Waals surface area contributed by atoms with Crippen molar-refractivity contribution in [1.29, 1.82) is 0 Å². The van der Waals surface area contributed by atoms with Crippen molar-refractivity contribution < 1.29 is 23.5 Å². The Balaban J connectivity index is 1.59. The first-order chi connectivity index (χ1) is 17.4.